The van der Waals surface area contributed by atoms with Gasteiger partial charge in [0, 0.05) is 34.5 Å². The number of aromatic nitrogens is 1. The Morgan fingerprint density at radius 2 is 1.86 bits per heavy atom. The Balaban J connectivity index is 0.00000282. The molecule has 2 aliphatic carbocycles. The largest absolute Gasteiger partial charge is 0.497 e. The first-order valence-electron chi connectivity index (χ1n) is 20.3. The number of allylic oxidation sites excluding steroid dienone is 1. The molecule has 4 amide bonds. The molecule has 0 spiro atoms. The zero-order chi connectivity index (χ0) is 42.1. The fourth-order valence-electron chi connectivity index (χ4n) is 8.09. The fraction of sp³-hybridized carbons (Fsp3) is 0.634. The van der Waals surface area contributed by atoms with Crippen molar-refractivity contribution in [2.24, 2.45) is 17.8 Å². The van der Waals surface area contributed by atoms with E-state index < -0.39 is 74.3 Å². The fourth-order valence-corrected chi connectivity index (χ4v) is 9.40. The average molecular weight is 848 g/mol. The van der Waals surface area contributed by atoms with Gasteiger partial charge >= 0.3 is 6.09 Å². The van der Waals surface area contributed by atoms with Crippen LogP contribution in [-0.2, 0) is 38.6 Å². The van der Waals surface area contributed by atoms with Crippen LogP contribution >= 0.6 is 0 Å². The van der Waals surface area contributed by atoms with Gasteiger partial charge in [0.15, 0.2) is 6.10 Å². The number of fused-ring (bicyclic) bond motifs is 3. The molecule has 2 saturated heterocycles. The van der Waals surface area contributed by atoms with Gasteiger partial charge in [-0.05, 0) is 75.5 Å². The van der Waals surface area contributed by atoms with Gasteiger partial charge in [-0.25, -0.2) is 18.2 Å². The van der Waals surface area contributed by atoms with E-state index in [1.54, 1.807) is 39.3 Å². The van der Waals surface area contributed by atoms with E-state index in [2.05, 4.69) is 27.3 Å². The number of nitrogens with zero attached hydrogens (tertiary/aromatic N) is 2. The van der Waals surface area contributed by atoms with Crippen molar-refractivity contribution in [2.75, 3.05) is 47.2 Å². The molecule has 59 heavy (non-hydrogen) atoms. The summed E-state index contributed by atoms with van der Waals surface area (Å²) in [4.78, 5) is 62.6. The number of rotatable bonds is 12. The summed E-state index contributed by atoms with van der Waals surface area (Å²) < 4.78 is 61.5. The molecule has 7 atom stereocenters. The SMILES string of the molecule is COCCOc1cnc(O[C@@H]2C[C@H]3C(=O)N[C@]4(C(=O)NS(=O)(=O)C5(C)CC5)C[C@H]4/C=C\CC[C@H](C)C[C@@H](C)[C@H](NC(=O)OC4COC4)C(=O)N3C2)c2ccc(OC)cc12.[HH].[HH].[HH]. The van der Waals surface area contributed by atoms with Crippen LogP contribution in [0.15, 0.2) is 36.5 Å². The van der Waals surface area contributed by atoms with Gasteiger partial charge in [-0.3, -0.25) is 19.1 Å². The van der Waals surface area contributed by atoms with E-state index in [9.17, 15) is 27.6 Å². The van der Waals surface area contributed by atoms with Crippen LogP contribution in [0.1, 0.15) is 70.0 Å². The van der Waals surface area contributed by atoms with E-state index >= 15 is 0 Å². The minimum Gasteiger partial charge on any atom is -0.497 e. The first kappa shape index (κ1) is 42.4. The summed E-state index contributed by atoms with van der Waals surface area (Å²) in [5.74, 6) is -1.41. The second kappa shape index (κ2) is 17.1. The number of carbonyl (C=O) groups excluding carboxylic acids is 4. The maximum atomic E-state index is 14.9. The van der Waals surface area contributed by atoms with Crippen LogP contribution in [0.4, 0.5) is 4.79 Å². The molecule has 3 N–H and O–H groups in total. The van der Waals surface area contributed by atoms with Crippen molar-refractivity contribution in [1.29, 1.82) is 0 Å². The highest BCUT2D eigenvalue weighted by Crippen LogP contribution is 2.48. The summed E-state index contributed by atoms with van der Waals surface area (Å²) in [6.07, 6.45) is 6.38. The maximum absolute atomic E-state index is 14.9. The number of hydrogen-bond donors (Lipinski definition) is 3. The summed E-state index contributed by atoms with van der Waals surface area (Å²) in [6, 6.07) is 3.09. The Labute approximate surface area is 348 Å². The lowest BCUT2D eigenvalue weighted by molar-refractivity contribution is -0.142. The molecule has 0 radical (unpaired) electrons. The number of methoxy groups -OCH3 is 2. The highest BCUT2D eigenvalue weighted by atomic mass is 32.2. The molecule has 1 aromatic carbocycles. The Morgan fingerprint density at radius 1 is 1.08 bits per heavy atom. The lowest BCUT2D eigenvalue weighted by Gasteiger charge is -2.33. The highest BCUT2D eigenvalue weighted by Gasteiger charge is 2.63. The molecule has 3 aliphatic heterocycles. The molecule has 17 nitrogen and oxygen atoms in total. The summed E-state index contributed by atoms with van der Waals surface area (Å²) in [7, 11) is -0.893. The summed E-state index contributed by atoms with van der Waals surface area (Å²) in [6.45, 7) is 6.61. The number of pyridine rings is 1. The van der Waals surface area contributed by atoms with Crippen molar-refractivity contribution in [3.05, 3.63) is 36.5 Å². The number of ether oxygens (including phenoxy) is 6. The zero-order valence-electron chi connectivity index (χ0n) is 34.2. The molecule has 18 heteroatoms. The lowest BCUT2D eigenvalue weighted by Crippen LogP contribution is -2.59. The minimum atomic E-state index is -4.02. The molecule has 328 valence electrons. The maximum Gasteiger partial charge on any atom is 0.408 e. The molecule has 4 heterocycles. The van der Waals surface area contributed by atoms with E-state index in [-0.39, 0.29) is 61.2 Å². The van der Waals surface area contributed by atoms with Crippen molar-refractivity contribution in [1.82, 2.24) is 25.2 Å². The van der Waals surface area contributed by atoms with E-state index in [1.807, 2.05) is 19.1 Å². The Kier molecular flexibility index (Phi) is 12.3. The number of hydrogen-bond acceptors (Lipinski definition) is 13. The van der Waals surface area contributed by atoms with Gasteiger partial charge in [0.05, 0.1) is 44.4 Å². The smallest absolute Gasteiger partial charge is 0.408 e. The van der Waals surface area contributed by atoms with Crippen molar-refractivity contribution in [2.45, 2.75) is 100 Å². The van der Waals surface area contributed by atoms with Gasteiger partial charge in [0.25, 0.3) is 5.91 Å². The van der Waals surface area contributed by atoms with Crippen molar-refractivity contribution < 1.29 is 60.3 Å². The second-order valence-electron chi connectivity index (χ2n) is 16.8. The Hall–Kier alpha value is -4.68. The van der Waals surface area contributed by atoms with Gasteiger partial charge in [0.1, 0.15) is 41.8 Å². The molecule has 0 unspecified atom stereocenters. The van der Waals surface area contributed by atoms with E-state index in [1.165, 1.54) is 11.1 Å². The van der Waals surface area contributed by atoms with Gasteiger partial charge in [-0.15, -0.1) is 0 Å². The van der Waals surface area contributed by atoms with E-state index in [0.29, 0.717) is 54.6 Å². The van der Waals surface area contributed by atoms with Crippen LogP contribution in [-0.4, -0.2) is 124 Å². The Morgan fingerprint density at radius 3 is 2.56 bits per heavy atom. The summed E-state index contributed by atoms with van der Waals surface area (Å²) in [5, 5.41) is 6.96. The molecule has 4 fully saturated rings. The molecular formula is C41H61N5O12S. The molecule has 2 aromatic rings. The standard InChI is InChI=1S/C41H55N5O12S.3H2/c1-24-8-6-7-9-26-19-41(26,38(49)45-59(51,52)40(3)12-13-40)44-35(47)32-18-28(21-46(32)37(48)34(25(2)16-24)43-39(50)58-29-22-55-23-29)57-36-30-11-10-27(54-5)17-31(30)33(20-42-36)56-15-14-53-4;;;/h7,9-11,17,20,24-26,28-29,32,34H,6,8,12-16,18-19,21-23H2,1-5H3,(H,43,50)(H,44,47)(H,45,49);3*1H/b9-7-;;;/t24-,25+,26+,28+,32-,34-,41+;;;/m0.../s1. The van der Waals surface area contributed by atoms with Crippen LogP contribution in [0.3, 0.4) is 0 Å². The average Bonchev–Trinajstić information content (AvgIpc) is 4.07. The molecule has 0 bridgehead atoms. The monoisotopic (exact) mass is 847 g/mol. The third-order valence-electron chi connectivity index (χ3n) is 12.2. The number of nitrogens with one attached hydrogen (secondary N) is 3. The van der Waals surface area contributed by atoms with Gasteiger partial charge in [-0.1, -0.05) is 26.0 Å². The third-order valence-corrected chi connectivity index (χ3v) is 14.4. The number of alkyl carbamates (subject to hydrolysis) is 1. The van der Waals surface area contributed by atoms with Crippen molar-refractivity contribution >= 4 is 44.6 Å². The van der Waals surface area contributed by atoms with E-state index in [0.717, 1.165) is 6.42 Å². The van der Waals surface area contributed by atoms with Gasteiger partial charge < -0.3 is 44.0 Å². The topological polar surface area (TPSA) is 210 Å². The normalized spacial score (nSPS) is 29.9. The Bertz CT molecular complexity index is 2090. The van der Waals surface area contributed by atoms with Crippen LogP contribution in [0.25, 0.3) is 10.8 Å². The van der Waals surface area contributed by atoms with Crippen molar-refractivity contribution in [3.63, 3.8) is 0 Å². The molecular weight excluding hydrogens is 787 g/mol. The minimum absolute atomic E-state index is 0. The molecule has 7 rings (SSSR count). The van der Waals surface area contributed by atoms with Gasteiger partial charge in [-0.2, -0.15) is 0 Å². The zero-order valence-corrected chi connectivity index (χ0v) is 35.0. The first-order valence-corrected chi connectivity index (χ1v) is 21.8. The number of amides is 4. The number of sulfonamides is 1. The number of carbonyl (C=O) groups is 4. The lowest BCUT2D eigenvalue weighted by atomic mass is 9.88. The second-order valence-corrected chi connectivity index (χ2v) is 19.0. The first-order chi connectivity index (χ1) is 28.2. The predicted octanol–water partition coefficient (Wildman–Crippen LogP) is 3.73. The summed E-state index contributed by atoms with van der Waals surface area (Å²) >= 11 is 0. The highest BCUT2D eigenvalue weighted by molar-refractivity contribution is 7.91. The molecule has 5 aliphatic rings. The van der Waals surface area contributed by atoms with Crippen LogP contribution < -0.4 is 29.6 Å². The predicted molar refractivity (Wildman–Crippen MR) is 220 cm³/mol. The summed E-state index contributed by atoms with van der Waals surface area (Å²) in [5.41, 5.74) is -1.56. The third kappa shape index (κ3) is 9.09. The van der Waals surface area contributed by atoms with Crippen molar-refractivity contribution in [3.8, 4) is 17.4 Å². The quantitative estimate of drug-likeness (QED) is 0.206. The van der Waals surface area contributed by atoms with Gasteiger partial charge in [0.2, 0.25) is 27.7 Å². The number of benzene rings is 1. The van der Waals surface area contributed by atoms with Crippen LogP contribution in [0, 0.1) is 17.8 Å². The molecule has 1 aromatic heterocycles. The van der Waals surface area contributed by atoms with Crippen LogP contribution in [0.2, 0.25) is 0 Å². The van der Waals surface area contributed by atoms with Crippen LogP contribution in [0.5, 0.6) is 17.4 Å². The van der Waals surface area contributed by atoms with E-state index in [4.69, 9.17) is 28.4 Å². The molecule has 2 saturated carbocycles.